The molecule has 2 aromatic carbocycles. The van der Waals surface area contributed by atoms with E-state index in [1.165, 1.54) is 30.0 Å². The summed E-state index contributed by atoms with van der Waals surface area (Å²) in [6, 6.07) is 11.3. The predicted octanol–water partition coefficient (Wildman–Crippen LogP) is 2.71. The third-order valence-electron chi connectivity index (χ3n) is 5.35. The van der Waals surface area contributed by atoms with Crippen molar-refractivity contribution >= 4 is 46.8 Å². The topological polar surface area (TPSA) is 155 Å². The van der Waals surface area contributed by atoms with Gasteiger partial charge in [-0.3, -0.25) is 19.0 Å². The highest BCUT2D eigenvalue weighted by atomic mass is 35.5. The number of ether oxygens (including phenoxy) is 1. The van der Waals surface area contributed by atoms with E-state index in [4.69, 9.17) is 27.8 Å². The van der Waals surface area contributed by atoms with Gasteiger partial charge in [-0.2, -0.15) is 0 Å². The summed E-state index contributed by atoms with van der Waals surface area (Å²) in [5, 5.41) is 12.5. The molecule has 1 fully saturated rings. The number of primary amides is 2. The highest BCUT2D eigenvalue weighted by Crippen LogP contribution is 2.27. The van der Waals surface area contributed by atoms with Crippen molar-refractivity contribution in [2.75, 3.05) is 17.7 Å². The molecule has 0 bridgehead atoms. The second kappa shape index (κ2) is 10.9. The first kappa shape index (κ1) is 24.7. The van der Waals surface area contributed by atoms with Crippen LogP contribution in [0.3, 0.4) is 0 Å². The van der Waals surface area contributed by atoms with Crippen LogP contribution in [-0.2, 0) is 16.1 Å². The Kier molecular flexibility index (Phi) is 7.69. The van der Waals surface area contributed by atoms with Gasteiger partial charge < -0.3 is 21.5 Å². The molecule has 1 aliphatic heterocycles. The van der Waals surface area contributed by atoms with E-state index in [0.29, 0.717) is 29.2 Å². The Morgan fingerprint density at radius 3 is 2.37 bits per heavy atom. The molecule has 1 aliphatic rings. The van der Waals surface area contributed by atoms with Crippen LogP contribution in [0.15, 0.2) is 47.6 Å². The largest absolute Gasteiger partial charge is 0.376 e. The first-order chi connectivity index (χ1) is 16.8. The van der Waals surface area contributed by atoms with E-state index >= 15 is 0 Å². The van der Waals surface area contributed by atoms with E-state index < -0.39 is 11.8 Å². The van der Waals surface area contributed by atoms with Gasteiger partial charge in [0.1, 0.15) is 0 Å². The Morgan fingerprint density at radius 2 is 1.77 bits per heavy atom. The maximum atomic E-state index is 12.7. The van der Waals surface area contributed by atoms with Crippen LogP contribution in [0.4, 0.5) is 5.69 Å². The number of hydrogen-bond donors (Lipinski definition) is 3. The molecule has 1 saturated heterocycles. The quantitative estimate of drug-likeness (QED) is 0.371. The van der Waals surface area contributed by atoms with Crippen LogP contribution >= 0.6 is 23.4 Å². The zero-order valence-electron chi connectivity index (χ0n) is 18.6. The van der Waals surface area contributed by atoms with Crippen LogP contribution in [0.5, 0.6) is 0 Å². The highest BCUT2D eigenvalue weighted by Gasteiger charge is 2.22. The van der Waals surface area contributed by atoms with Gasteiger partial charge in [-0.05, 0) is 55.3 Å². The first-order valence-corrected chi connectivity index (χ1v) is 12.1. The molecular formula is C23H23ClN6O4S. The number of nitrogens with two attached hydrogens (primary N) is 2. The number of nitrogens with zero attached hydrogens (tertiary/aromatic N) is 3. The lowest BCUT2D eigenvalue weighted by molar-refractivity contribution is -0.113. The Hall–Kier alpha value is -3.41. The van der Waals surface area contributed by atoms with Gasteiger partial charge >= 0.3 is 0 Å². The second-order valence-corrected chi connectivity index (χ2v) is 9.30. The number of carbonyl (C=O) groups excluding carboxylic acids is 3. The number of hydrogen-bond acceptors (Lipinski definition) is 7. The Morgan fingerprint density at radius 1 is 1.09 bits per heavy atom. The third kappa shape index (κ3) is 6.18. The number of carbonyl (C=O) groups is 3. The number of amides is 3. The molecule has 3 aromatic rings. The zero-order valence-corrected chi connectivity index (χ0v) is 20.1. The summed E-state index contributed by atoms with van der Waals surface area (Å²) in [6.07, 6.45) is 1.96. The van der Waals surface area contributed by atoms with Crippen molar-refractivity contribution < 1.29 is 19.1 Å². The van der Waals surface area contributed by atoms with Gasteiger partial charge in [-0.15, -0.1) is 10.2 Å². The molecule has 2 heterocycles. The molecule has 12 heteroatoms. The van der Waals surface area contributed by atoms with Crippen LogP contribution in [0, 0.1) is 0 Å². The highest BCUT2D eigenvalue weighted by molar-refractivity contribution is 7.99. The van der Waals surface area contributed by atoms with E-state index in [2.05, 4.69) is 15.5 Å². The molecule has 35 heavy (non-hydrogen) atoms. The summed E-state index contributed by atoms with van der Waals surface area (Å²) < 4.78 is 7.74. The molecule has 0 unspecified atom stereocenters. The SMILES string of the molecule is NC(=O)c1cc(NC(=O)CSc2nnc(-c3ccc(Cl)cc3)n2C[C@@H]2CCCO2)cc(C(N)=O)c1. The predicted molar refractivity (Wildman–Crippen MR) is 132 cm³/mol. The van der Waals surface area contributed by atoms with Crippen LogP contribution in [-0.4, -0.2) is 50.9 Å². The van der Waals surface area contributed by atoms with Gasteiger partial charge in [-0.25, -0.2) is 0 Å². The maximum Gasteiger partial charge on any atom is 0.248 e. The number of thioether (sulfide) groups is 1. The number of halogens is 1. The van der Waals surface area contributed by atoms with E-state index in [1.54, 1.807) is 12.1 Å². The molecule has 4 rings (SSSR count). The van der Waals surface area contributed by atoms with Crippen molar-refractivity contribution in [1.82, 2.24) is 14.8 Å². The standard InChI is InChI=1S/C23H23ClN6O4S/c24-16-5-3-13(4-6-16)22-28-29-23(30(22)11-18-2-1-7-34-18)35-12-19(31)27-17-9-14(20(25)32)8-15(10-17)21(26)33/h3-6,8-10,18H,1-2,7,11-12H2,(H2,25,32)(H2,26,33)(H,27,31)/t18-/m0/s1. The van der Waals surface area contributed by atoms with Crippen LogP contribution in [0.25, 0.3) is 11.4 Å². The second-order valence-electron chi connectivity index (χ2n) is 7.92. The number of aromatic nitrogens is 3. The molecule has 1 aromatic heterocycles. The van der Waals surface area contributed by atoms with Crippen molar-refractivity contribution in [1.29, 1.82) is 0 Å². The summed E-state index contributed by atoms with van der Waals surface area (Å²) in [5.74, 6) is -1.19. The van der Waals surface area contributed by atoms with Crippen molar-refractivity contribution in [2.24, 2.45) is 11.5 Å². The zero-order chi connectivity index (χ0) is 24.9. The van der Waals surface area contributed by atoms with Crippen LogP contribution in [0.1, 0.15) is 33.6 Å². The van der Waals surface area contributed by atoms with Crippen molar-refractivity contribution in [3.63, 3.8) is 0 Å². The summed E-state index contributed by atoms with van der Waals surface area (Å²) in [6.45, 7) is 1.27. The van der Waals surface area contributed by atoms with Gasteiger partial charge in [0.15, 0.2) is 11.0 Å². The normalized spacial score (nSPS) is 15.2. The molecule has 3 amide bonds. The molecule has 10 nitrogen and oxygen atoms in total. The van der Waals surface area contributed by atoms with Crippen molar-refractivity contribution in [3.8, 4) is 11.4 Å². The van der Waals surface area contributed by atoms with Gasteiger partial charge in [-0.1, -0.05) is 23.4 Å². The number of anilines is 1. The van der Waals surface area contributed by atoms with Crippen molar-refractivity contribution in [3.05, 3.63) is 58.6 Å². The molecule has 0 spiro atoms. The van der Waals surface area contributed by atoms with E-state index in [0.717, 1.165) is 18.4 Å². The summed E-state index contributed by atoms with van der Waals surface area (Å²) in [7, 11) is 0. The lowest BCUT2D eigenvalue weighted by Gasteiger charge is -2.15. The maximum absolute atomic E-state index is 12.7. The smallest absolute Gasteiger partial charge is 0.248 e. The van der Waals surface area contributed by atoms with Gasteiger partial charge in [0.05, 0.1) is 18.4 Å². The fourth-order valence-corrected chi connectivity index (χ4v) is 4.55. The van der Waals surface area contributed by atoms with E-state index in [-0.39, 0.29) is 34.6 Å². The van der Waals surface area contributed by atoms with Crippen LogP contribution in [0.2, 0.25) is 5.02 Å². The summed E-state index contributed by atoms with van der Waals surface area (Å²) >= 11 is 7.23. The van der Waals surface area contributed by atoms with Gasteiger partial charge in [0, 0.05) is 34.0 Å². The number of benzene rings is 2. The van der Waals surface area contributed by atoms with Crippen LogP contribution < -0.4 is 16.8 Å². The first-order valence-electron chi connectivity index (χ1n) is 10.8. The number of nitrogens with one attached hydrogen (secondary N) is 1. The fourth-order valence-electron chi connectivity index (χ4n) is 3.68. The Bertz CT molecular complexity index is 1230. The number of rotatable bonds is 9. The third-order valence-corrected chi connectivity index (χ3v) is 6.57. The van der Waals surface area contributed by atoms with Crippen molar-refractivity contribution in [2.45, 2.75) is 30.6 Å². The molecule has 1 atom stereocenters. The molecule has 5 N–H and O–H groups in total. The monoisotopic (exact) mass is 514 g/mol. The van der Waals surface area contributed by atoms with E-state index in [9.17, 15) is 14.4 Å². The molecule has 0 aliphatic carbocycles. The fraction of sp³-hybridized carbons (Fsp3) is 0.261. The Balaban J connectivity index is 1.51. The lowest BCUT2D eigenvalue weighted by Crippen LogP contribution is -2.19. The summed E-state index contributed by atoms with van der Waals surface area (Å²) in [4.78, 5) is 35.8. The lowest BCUT2D eigenvalue weighted by atomic mass is 10.1. The average Bonchev–Trinajstić information content (AvgIpc) is 3.48. The molecular weight excluding hydrogens is 492 g/mol. The minimum atomic E-state index is -0.741. The minimum Gasteiger partial charge on any atom is -0.376 e. The van der Waals surface area contributed by atoms with E-state index in [1.807, 2.05) is 16.7 Å². The Labute approximate surface area is 210 Å². The summed E-state index contributed by atoms with van der Waals surface area (Å²) in [5.41, 5.74) is 11.8. The molecule has 0 radical (unpaired) electrons. The van der Waals surface area contributed by atoms with Gasteiger partial charge in [0.2, 0.25) is 17.7 Å². The molecule has 0 saturated carbocycles. The van der Waals surface area contributed by atoms with Gasteiger partial charge in [0.25, 0.3) is 0 Å². The molecule has 182 valence electrons. The minimum absolute atomic E-state index is 0.0109. The average molecular weight is 515 g/mol.